The second-order valence-electron chi connectivity index (χ2n) is 5.31. The second kappa shape index (κ2) is 8.54. The smallest absolute Gasteiger partial charge is 0.359 e. The monoisotopic (exact) mass is 506 g/mol. The van der Waals surface area contributed by atoms with Gasteiger partial charge in [0.25, 0.3) is 10.0 Å². The van der Waals surface area contributed by atoms with Gasteiger partial charge in [-0.3, -0.25) is 10.0 Å². The number of ether oxygens (including phenoxy) is 1. The van der Waals surface area contributed by atoms with Crippen LogP contribution in [0.1, 0.15) is 0 Å². The highest BCUT2D eigenvalue weighted by Gasteiger charge is 2.31. The van der Waals surface area contributed by atoms with Crippen molar-refractivity contribution in [3.63, 3.8) is 0 Å². The molecular weight excluding hydrogens is 491 g/mol. The van der Waals surface area contributed by atoms with Crippen molar-refractivity contribution in [1.29, 1.82) is 0 Å². The molecule has 144 valence electrons. The van der Waals surface area contributed by atoms with Crippen LogP contribution in [0, 0.1) is 3.57 Å². The molecule has 0 fully saturated rings. The lowest BCUT2D eigenvalue weighted by molar-refractivity contribution is -0.137. The van der Waals surface area contributed by atoms with Gasteiger partial charge in [0.1, 0.15) is 18.0 Å². The number of amides is 2. The minimum absolute atomic E-state index is 0.356. The van der Waals surface area contributed by atoms with E-state index in [2.05, 4.69) is 22.6 Å². The van der Waals surface area contributed by atoms with E-state index in [4.69, 9.17) is 9.84 Å². The second-order valence-corrected chi connectivity index (χ2v) is 8.32. The molecule has 11 heteroatoms. The number of hydroxylamine groups is 1. The number of aliphatic carboxylic acids is 1. The molecule has 0 aliphatic carbocycles. The summed E-state index contributed by atoms with van der Waals surface area (Å²) in [6.45, 7) is -0.770. The van der Waals surface area contributed by atoms with Crippen LogP contribution in [-0.2, 0) is 14.8 Å². The number of rotatable bonds is 6. The topological polar surface area (TPSA) is 124 Å². The highest BCUT2D eigenvalue weighted by molar-refractivity contribution is 14.1. The van der Waals surface area contributed by atoms with E-state index in [1.165, 1.54) is 12.1 Å². The Balaban J connectivity index is 2.15. The first-order chi connectivity index (χ1) is 12.6. The number of sulfonamides is 1. The van der Waals surface area contributed by atoms with Gasteiger partial charge in [-0.1, -0.05) is 4.47 Å². The van der Waals surface area contributed by atoms with Gasteiger partial charge in [0, 0.05) is 10.6 Å². The lowest BCUT2D eigenvalue weighted by Crippen LogP contribution is -2.44. The molecule has 0 aliphatic heterocycles. The molecule has 2 aromatic carbocycles. The molecule has 2 aromatic rings. The van der Waals surface area contributed by atoms with Gasteiger partial charge in [0.15, 0.2) is 0 Å². The van der Waals surface area contributed by atoms with Gasteiger partial charge in [-0.25, -0.2) is 4.79 Å². The van der Waals surface area contributed by atoms with E-state index in [0.717, 1.165) is 22.8 Å². The van der Waals surface area contributed by atoms with E-state index >= 15 is 0 Å². The van der Waals surface area contributed by atoms with E-state index in [9.17, 15) is 23.2 Å². The summed E-state index contributed by atoms with van der Waals surface area (Å²) in [6.07, 6.45) is 0. The Hall–Kier alpha value is -2.38. The quantitative estimate of drug-likeness (QED) is 0.351. The standard InChI is InChI=1S/C16H15IN2O7S/c1-18(10-15(20)21)16(22)19(23)27(24,25)14-8-6-13(7-9-14)26-12-4-2-11(17)3-5-12/h2-9,23H,10H2,1H3,(H,20,21). The summed E-state index contributed by atoms with van der Waals surface area (Å²) in [7, 11) is -3.52. The van der Waals surface area contributed by atoms with Crippen molar-refractivity contribution in [3.8, 4) is 11.5 Å². The van der Waals surface area contributed by atoms with Crippen LogP contribution < -0.4 is 4.74 Å². The van der Waals surface area contributed by atoms with Crippen molar-refractivity contribution < 1.29 is 33.1 Å². The van der Waals surface area contributed by atoms with Gasteiger partial charge in [-0.05, 0) is 71.1 Å². The van der Waals surface area contributed by atoms with E-state index in [-0.39, 0.29) is 4.90 Å². The number of carboxylic acid groups (broad SMARTS) is 1. The third-order valence-corrected chi connectivity index (χ3v) is 5.46. The SMILES string of the molecule is CN(CC(=O)O)C(=O)N(O)S(=O)(=O)c1ccc(Oc2ccc(I)cc2)cc1. The van der Waals surface area contributed by atoms with Gasteiger partial charge >= 0.3 is 12.0 Å². The number of likely N-dealkylation sites (N-methyl/N-ethyl adjacent to an activating group) is 1. The van der Waals surface area contributed by atoms with Gasteiger partial charge in [0.2, 0.25) is 0 Å². The van der Waals surface area contributed by atoms with Crippen LogP contribution >= 0.6 is 22.6 Å². The highest BCUT2D eigenvalue weighted by atomic mass is 127. The largest absolute Gasteiger partial charge is 0.480 e. The maximum Gasteiger partial charge on any atom is 0.359 e. The lowest BCUT2D eigenvalue weighted by Gasteiger charge is -2.21. The van der Waals surface area contributed by atoms with Gasteiger partial charge < -0.3 is 14.7 Å². The van der Waals surface area contributed by atoms with Crippen LogP contribution in [0.15, 0.2) is 53.4 Å². The summed E-state index contributed by atoms with van der Waals surface area (Å²) in [5, 5.41) is 18.4. The van der Waals surface area contributed by atoms with Crippen LogP contribution in [0.2, 0.25) is 0 Å². The number of hydrogen-bond donors (Lipinski definition) is 2. The molecule has 0 atom stereocenters. The summed E-state index contributed by atoms with van der Waals surface area (Å²) in [5.41, 5.74) is 0. The average Bonchev–Trinajstić information content (AvgIpc) is 2.62. The van der Waals surface area contributed by atoms with Crippen molar-refractivity contribution in [3.05, 3.63) is 52.1 Å². The predicted octanol–water partition coefficient (Wildman–Crippen LogP) is 2.60. The highest BCUT2D eigenvalue weighted by Crippen LogP contribution is 2.24. The van der Waals surface area contributed by atoms with Crippen molar-refractivity contribution >= 4 is 44.6 Å². The molecular formula is C16H15IN2O7S. The Morgan fingerprint density at radius 2 is 1.52 bits per heavy atom. The summed E-state index contributed by atoms with van der Waals surface area (Å²) < 4.78 is 30.7. The molecule has 2 amide bonds. The number of carbonyl (C=O) groups excluding carboxylic acids is 1. The summed E-state index contributed by atoms with van der Waals surface area (Å²) in [5.74, 6) is -0.442. The van der Waals surface area contributed by atoms with Crippen molar-refractivity contribution in [2.45, 2.75) is 4.90 Å². The molecule has 0 aromatic heterocycles. The van der Waals surface area contributed by atoms with Crippen molar-refractivity contribution in [2.75, 3.05) is 13.6 Å². The minimum atomic E-state index is -4.57. The van der Waals surface area contributed by atoms with Gasteiger partial charge in [0.05, 0.1) is 4.90 Å². The normalized spacial score (nSPS) is 10.9. The van der Waals surface area contributed by atoms with Crippen LogP contribution in [0.4, 0.5) is 4.79 Å². The van der Waals surface area contributed by atoms with Crippen LogP contribution in [0.3, 0.4) is 0 Å². The van der Waals surface area contributed by atoms with Crippen molar-refractivity contribution in [1.82, 2.24) is 9.37 Å². The number of hydrogen-bond acceptors (Lipinski definition) is 6. The summed E-state index contributed by atoms with van der Waals surface area (Å²) in [6, 6.07) is 10.8. The molecule has 9 nitrogen and oxygen atoms in total. The molecule has 0 saturated carbocycles. The molecule has 0 heterocycles. The summed E-state index contributed by atoms with van der Waals surface area (Å²) >= 11 is 2.15. The third kappa shape index (κ3) is 5.30. The zero-order valence-corrected chi connectivity index (χ0v) is 16.9. The predicted molar refractivity (Wildman–Crippen MR) is 102 cm³/mol. The zero-order chi connectivity index (χ0) is 20.2. The average molecular weight is 506 g/mol. The van der Waals surface area contributed by atoms with E-state index in [0.29, 0.717) is 16.4 Å². The molecule has 0 unspecified atom stereocenters. The third-order valence-electron chi connectivity index (χ3n) is 3.26. The first-order valence-corrected chi connectivity index (χ1v) is 9.87. The Labute approximate surface area is 168 Å². The maximum atomic E-state index is 12.3. The van der Waals surface area contributed by atoms with E-state index in [1.54, 1.807) is 12.1 Å². The Morgan fingerprint density at radius 3 is 2.00 bits per heavy atom. The molecule has 0 radical (unpaired) electrons. The Morgan fingerprint density at radius 1 is 1.04 bits per heavy atom. The number of urea groups is 1. The number of carboxylic acids is 1. The molecule has 2 N–H and O–H groups in total. The number of carbonyl (C=O) groups is 2. The van der Waals surface area contributed by atoms with E-state index < -0.39 is 33.0 Å². The molecule has 0 spiro atoms. The summed E-state index contributed by atoms with van der Waals surface area (Å²) in [4.78, 5) is 22.7. The Bertz CT molecular complexity index is 930. The Kier molecular flexibility index (Phi) is 6.62. The first-order valence-electron chi connectivity index (χ1n) is 7.36. The number of benzene rings is 2. The van der Waals surface area contributed by atoms with Gasteiger partial charge in [-0.2, -0.15) is 8.42 Å². The molecule has 2 rings (SSSR count). The molecule has 27 heavy (non-hydrogen) atoms. The van der Waals surface area contributed by atoms with E-state index in [1.807, 2.05) is 12.1 Å². The van der Waals surface area contributed by atoms with Gasteiger partial charge in [-0.15, -0.1) is 0 Å². The minimum Gasteiger partial charge on any atom is -0.480 e. The fourth-order valence-electron chi connectivity index (χ4n) is 1.94. The lowest BCUT2D eigenvalue weighted by atomic mass is 10.3. The fraction of sp³-hybridized carbons (Fsp3) is 0.125. The van der Waals surface area contributed by atoms with Crippen LogP contribution in [0.25, 0.3) is 0 Å². The zero-order valence-electron chi connectivity index (χ0n) is 13.9. The number of nitrogens with zero attached hydrogens (tertiary/aromatic N) is 2. The van der Waals surface area contributed by atoms with Crippen LogP contribution in [-0.4, -0.2) is 53.7 Å². The van der Waals surface area contributed by atoms with Crippen LogP contribution in [0.5, 0.6) is 11.5 Å². The van der Waals surface area contributed by atoms with Crippen molar-refractivity contribution in [2.24, 2.45) is 0 Å². The molecule has 0 aliphatic rings. The molecule has 0 saturated heterocycles. The molecule has 0 bridgehead atoms. The first kappa shape index (κ1) is 20.9. The maximum absolute atomic E-state index is 12.3. The number of halogens is 1. The fourth-order valence-corrected chi connectivity index (χ4v) is 3.32.